The smallest absolute Gasteiger partial charge is 0.313 e. The van der Waals surface area contributed by atoms with E-state index in [1.54, 1.807) is 17.8 Å². The number of nitrogens with one attached hydrogen (secondary N) is 2. The first kappa shape index (κ1) is 16.1. The van der Waals surface area contributed by atoms with Crippen molar-refractivity contribution in [3.05, 3.63) is 60.2 Å². The summed E-state index contributed by atoms with van der Waals surface area (Å²) in [7, 11) is 0. The first-order valence-corrected chi connectivity index (χ1v) is 8.13. The first-order chi connectivity index (χ1) is 10.6. The highest BCUT2D eigenvalue weighted by molar-refractivity contribution is 7.98. The van der Waals surface area contributed by atoms with Crippen LogP contribution in [0.15, 0.2) is 59.5 Å². The molecule has 0 unspecified atom stereocenters. The molecule has 0 aliphatic carbocycles. The molecule has 114 valence electrons. The molecule has 0 spiro atoms. The third-order valence-corrected chi connectivity index (χ3v) is 3.91. The van der Waals surface area contributed by atoms with Gasteiger partial charge in [0.1, 0.15) is 0 Å². The summed E-state index contributed by atoms with van der Waals surface area (Å²) < 4.78 is 0. The molecule has 2 amide bonds. The van der Waals surface area contributed by atoms with Crippen molar-refractivity contribution >= 4 is 29.3 Å². The third kappa shape index (κ3) is 4.36. The van der Waals surface area contributed by atoms with Crippen molar-refractivity contribution in [3.8, 4) is 0 Å². The van der Waals surface area contributed by atoms with E-state index >= 15 is 0 Å². The van der Waals surface area contributed by atoms with E-state index in [-0.39, 0.29) is 6.04 Å². The number of carbonyl (C=O) groups is 2. The van der Waals surface area contributed by atoms with Crippen LogP contribution in [0, 0.1) is 0 Å². The van der Waals surface area contributed by atoms with Crippen molar-refractivity contribution in [2.24, 2.45) is 0 Å². The second-order valence-electron chi connectivity index (χ2n) is 4.79. The van der Waals surface area contributed by atoms with Crippen LogP contribution in [0.4, 0.5) is 5.69 Å². The largest absolute Gasteiger partial charge is 0.341 e. The van der Waals surface area contributed by atoms with Gasteiger partial charge in [-0.2, -0.15) is 0 Å². The van der Waals surface area contributed by atoms with E-state index in [0.29, 0.717) is 5.69 Å². The number of rotatable bonds is 4. The minimum atomic E-state index is -0.666. The Morgan fingerprint density at radius 1 is 1.00 bits per heavy atom. The predicted octanol–water partition coefficient (Wildman–Crippen LogP) is 3.22. The molecule has 5 heteroatoms. The number of thioether (sulfide) groups is 1. The zero-order valence-electron chi connectivity index (χ0n) is 12.5. The van der Waals surface area contributed by atoms with Gasteiger partial charge in [-0.25, -0.2) is 0 Å². The maximum absolute atomic E-state index is 12.0. The van der Waals surface area contributed by atoms with Crippen molar-refractivity contribution in [1.29, 1.82) is 0 Å². The van der Waals surface area contributed by atoms with Crippen LogP contribution in [-0.2, 0) is 9.59 Å². The number of hydrogen-bond acceptors (Lipinski definition) is 3. The molecule has 2 rings (SSSR count). The Bertz CT molecular complexity index is 659. The molecule has 0 bridgehead atoms. The molecule has 22 heavy (non-hydrogen) atoms. The standard InChI is InChI=1S/C17H18N2O2S/c1-12(13-7-4-3-5-8-13)18-16(20)17(21)19-14-9-6-10-15(11-14)22-2/h3-12H,1-2H3,(H,18,20)(H,19,21)/t12-/m1/s1. The summed E-state index contributed by atoms with van der Waals surface area (Å²) in [6, 6.07) is 16.7. The summed E-state index contributed by atoms with van der Waals surface area (Å²) in [5.74, 6) is -1.31. The molecule has 1 atom stereocenters. The molecule has 0 aliphatic heterocycles. The van der Waals surface area contributed by atoms with E-state index in [4.69, 9.17) is 0 Å². The van der Waals surface area contributed by atoms with Crippen molar-refractivity contribution in [2.45, 2.75) is 17.9 Å². The van der Waals surface area contributed by atoms with Gasteiger partial charge in [-0.1, -0.05) is 36.4 Å². The average molecular weight is 314 g/mol. The minimum absolute atomic E-state index is 0.225. The highest BCUT2D eigenvalue weighted by Gasteiger charge is 2.17. The summed E-state index contributed by atoms with van der Waals surface area (Å²) >= 11 is 1.57. The van der Waals surface area contributed by atoms with Gasteiger partial charge in [0.05, 0.1) is 6.04 Å². The molecular weight excluding hydrogens is 296 g/mol. The highest BCUT2D eigenvalue weighted by atomic mass is 32.2. The van der Waals surface area contributed by atoms with Crippen molar-refractivity contribution < 1.29 is 9.59 Å². The van der Waals surface area contributed by atoms with E-state index in [0.717, 1.165) is 10.5 Å². The fourth-order valence-corrected chi connectivity index (χ4v) is 2.44. The molecule has 0 heterocycles. The molecule has 0 radical (unpaired) electrons. The number of hydrogen-bond donors (Lipinski definition) is 2. The van der Waals surface area contributed by atoms with Gasteiger partial charge >= 0.3 is 11.8 Å². The van der Waals surface area contributed by atoms with Crippen LogP contribution in [0.3, 0.4) is 0 Å². The van der Waals surface area contributed by atoms with E-state index < -0.39 is 11.8 Å². The van der Waals surface area contributed by atoms with Gasteiger partial charge in [0.15, 0.2) is 0 Å². The Hall–Kier alpha value is -2.27. The number of amides is 2. The Morgan fingerprint density at radius 3 is 2.41 bits per heavy atom. The van der Waals surface area contributed by atoms with Gasteiger partial charge < -0.3 is 10.6 Å². The Balaban J connectivity index is 1.96. The fourth-order valence-electron chi connectivity index (χ4n) is 1.98. The lowest BCUT2D eigenvalue weighted by atomic mass is 10.1. The SMILES string of the molecule is CSc1cccc(NC(=O)C(=O)N[C@H](C)c2ccccc2)c1. The zero-order chi connectivity index (χ0) is 15.9. The number of carbonyl (C=O) groups excluding carboxylic acids is 2. The summed E-state index contributed by atoms with van der Waals surface area (Å²) in [5.41, 5.74) is 1.56. The van der Waals surface area contributed by atoms with E-state index in [1.807, 2.05) is 61.7 Å². The van der Waals surface area contributed by atoms with Crippen molar-refractivity contribution in [2.75, 3.05) is 11.6 Å². The Kier molecular flexibility index (Phi) is 5.61. The van der Waals surface area contributed by atoms with Crippen LogP contribution in [0.5, 0.6) is 0 Å². The van der Waals surface area contributed by atoms with Gasteiger partial charge in [-0.05, 0) is 36.9 Å². The summed E-state index contributed by atoms with van der Waals surface area (Å²) in [6.07, 6.45) is 1.95. The quantitative estimate of drug-likeness (QED) is 0.673. The van der Waals surface area contributed by atoms with Crippen LogP contribution in [-0.4, -0.2) is 18.1 Å². The number of benzene rings is 2. The lowest BCUT2D eigenvalue weighted by Gasteiger charge is -2.14. The Morgan fingerprint density at radius 2 is 1.73 bits per heavy atom. The van der Waals surface area contributed by atoms with Crippen molar-refractivity contribution in [3.63, 3.8) is 0 Å². The molecule has 2 aromatic rings. The van der Waals surface area contributed by atoms with Gasteiger partial charge in [0, 0.05) is 10.6 Å². The predicted molar refractivity (Wildman–Crippen MR) is 89.9 cm³/mol. The van der Waals surface area contributed by atoms with Crippen molar-refractivity contribution in [1.82, 2.24) is 5.32 Å². The van der Waals surface area contributed by atoms with E-state index in [9.17, 15) is 9.59 Å². The highest BCUT2D eigenvalue weighted by Crippen LogP contribution is 2.19. The number of anilines is 1. The lowest BCUT2D eigenvalue weighted by Crippen LogP contribution is -2.36. The lowest BCUT2D eigenvalue weighted by molar-refractivity contribution is -0.136. The van der Waals surface area contributed by atoms with Crippen LogP contribution in [0.2, 0.25) is 0 Å². The maximum atomic E-state index is 12.0. The first-order valence-electron chi connectivity index (χ1n) is 6.91. The second kappa shape index (κ2) is 7.66. The van der Waals surface area contributed by atoms with E-state index in [1.165, 1.54) is 0 Å². The summed E-state index contributed by atoms with van der Waals surface area (Å²) in [6.45, 7) is 1.84. The molecular formula is C17H18N2O2S. The Labute approximate surface area is 134 Å². The second-order valence-corrected chi connectivity index (χ2v) is 5.67. The molecule has 0 fully saturated rings. The molecule has 0 aromatic heterocycles. The van der Waals surface area contributed by atoms with Gasteiger partial charge in [-0.3, -0.25) is 9.59 Å². The summed E-state index contributed by atoms with van der Waals surface area (Å²) in [5, 5.41) is 5.30. The van der Waals surface area contributed by atoms with Gasteiger partial charge in [-0.15, -0.1) is 11.8 Å². The van der Waals surface area contributed by atoms with Crippen LogP contribution < -0.4 is 10.6 Å². The van der Waals surface area contributed by atoms with Gasteiger partial charge in [0.25, 0.3) is 0 Å². The molecule has 2 N–H and O–H groups in total. The van der Waals surface area contributed by atoms with Gasteiger partial charge in [0.2, 0.25) is 0 Å². The molecule has 0 aliphatic rings. The molecule has 2 aromatic carbocycles. The zero-order valence-corrected chi connectivity index (χ0v) is 13.3. The van der Waals surface area contributed by atoms with Crippen LogP contribution >= 0.6 is 11.8 Å². The average Bonchev–Trinajstić information content (AvgIpc) is 2.55. The van der Waals surface area contributed by atoms with E-state index in [2.05, 4.69) is 10.6 Å². The third-order valence-electron chi connectivity index (χ3n) is 3.18. The fraction of sp³-hybridized carbons (Fsp3) is 0.176. The van der Waals surface area contributed by atoms with Crippen LogP contribution in [0.1, 0.15) is 18.5 Å². The maximum Gasteiger partial charge on any atom is 0.313 e. The monoisotopic (exact) mass is 314 g/mol. The van der Waals surface area contributed by atoms with Crippen LogP contribution in [0.25, 0.3) is 0 Å². The minimum Gasteiger partial charge on any atom is -0.341 e. The molecule has 0 saturated carbocycles. The molecule has 0 saturated heterocycles. The topological polar surface area (TPSA) is 58.2 Å². The molecule has 4 nitrogen and oxygen atoms in total. The summed E-state index contributed by atoms with van der Waals surface area (Å²) in [4.78, 5) is 24.9. The normalized spacial score (nSPS) is 11.5.